The summed E-state index contributed by atoms with van der Waals surface area (Å²) >= 11 is 0. The Labute approximate surface area is 248 Å². The van der Waals surface area contributed by atoms with E-state index in [-0.39, 0.29) is 0 Å². The first-order valence-electron chi connectivity index (χ1n) is 14.2. The number of nitrogens with zero attached hydrogens (tertiary/aromatic N) is 5. The van der Waals surface area contributed by atoms with Crippen LogP contribution in [-0.4, -0.2) is 24.5 Å². The summed E-state index contributed by atoms with van der Waals surface area (Å²) in [6.45, 7) is 0. The van der Waals surface area contributed by atoms with E-state index in [1.54, 1.807) is 0 Å². The summed E-state index contributed by atoms with van der Waals surface area (Å²) in [5, 5.41) is 2.29. The Balaban J connectivity index is 1.37. The Hall–Kier alpha value is -5.94. The molecule has 8 aromatic rings. The zero-order valence-electron chi connectivity index (χ0n) is 23.2. The molecule has 0 aliphatic heterocycles. The Bertz CT molecular complexity index is 2150. The fourth-order valence-electron chi connectivity index (χ4n) is 5.68. The molecule has 0 unspecified atom stereocenters. The van der Waals surface area contributed by atoms with Crippen molar-refractivity contribution in [2.24, 2.45) is 0 Å². The standard InChI is InChI=1S/C38H25N5/c1-4-10-26(11-5-1)29-16-18-34-32(24-29)33-25-30(17-19-35(33)43(34)31-20-22-39-23-21-31)38-41-36(27-12-6-2-7-13-27)40-37(42-38)28-14-8-3-9-15-28/h1-25H. The molecule has 0 atom stereocenters. The topological polar surface area (TPSA) is 56.5 Å². The zero-order chi connectivity index (χ0) is 28.6. The number of fused-ring (bicyclic) bond motifs is 3. The van der Waals surface area contributed by atoms with Crippen LogP contribution in [0, 0.1) is 0 Å². The van der Waals surface area contributed by atoms with Gasteiger partial charge in [0.25, 0.3) is 0 Å². The smallest absolute Gasteiger partial charge is 0.164 e. The van der Waals surface area contributed by atoms with Crippen molar-refractivity contribution in [2.75, 3.05) is 0 Å². The first kappa shape index (κ1) is 24.8. The van der Waals surface area contributed by atoms with Crippen molar-refractivity contribution < 1.29 is 0 Å². The monoisotopic (exact) mass is 551 g/mol. The average molecular weight is 552 g/mol. The number of hydrogen-bond acceptors (Lipinski definition) is 4. The molecule has 43 heavy (non-hydrogen) atoms. The molecule has 0 saturated heterocycles. The van der Waals surface area contributed by atoms with E-state index >= 15 is 0 Å². The van der Waals surface area contributed by atoms with Crippen molar-refractivity contribution in [3.63, 3.8) is 0 Å². The summed E-state index contributed by atoms with van der Waals surface area (Å²) in [4.78, 5) is 19.1. The van der Waals surface area contributed by atoms with Gasteiger partial charge in [-0.05, 0) is 53.6 Å². The van der Waals surface area contributed by atoms with Crippen LogP contribution in [0.5, 0.6) is 0 Å². The lowest BCUT2D eigenvalue weighted by molar-refractivity contribution is 1.07. The maximum Gasteiger partial charge on any atom is 0.164 e. The highest BCUT2D eigenvalue weighted by atomic mass is 15.0. The molecular weight excluding hydrogens is 526 g/mol. The van der Waals surface area contributed by atoms with Crippen molar-refractivity contribution in [1.29, 1.82) is 0 Å². The highest BCUT2D eigenvalue weighted by molar-refractivity contribution is 6.11. The van der Waals surface area contributed by atoms with E-state index in [1.807, 2.05) is 91.3 Å². The minimum Gasteiger partial charge on any atom is -0.309 e. The second-order valence-corrected chi connectivity index (χ2v) is 10.4. The molecule has 0 N–H and O–H groups in total. The van der Waals surface area contributed by atoms with Gasteiger partial charge >= 0.3 is 0 Å². The van der Waals surface area contributed by atoms with Crippen LogP contribution in [0.15, 0.2) is 152 Å². The summed E-state index contributed by atoms with van der Waals surface area (Å²) in [5.41, 5.74) is 8.49. The van der Waals surface area contributed by atoms with E-state index in [0.717, 1.165) is 44.2 Å². The van der Waals surface area contributed by atoms with Gasteiger partial charge in [0.2, 0.25) is 0 Å². The predicted octanol–water partition coefficient (Wildman–Crippen LogP) is 9.03. The largest absolute Gasteiger partial charge is 0.309 e. The van der Waals surface area contributed by atoms with Crippen LogP contribution in [0.3, 0.4) is 0 Å². The minimum absolute atomic E-state index is 0.638. The van der Waals surface area contributed by atoms with Crippen LogP contribution in [0.25, 0.3) is 72.8 Å². The third kappa shape index (κ3) is 4.53. The Morgan fingerprint density at radius 2 is 0.814 bits per heavy atom. The van der Waals surface area contributed by atoms with Gasteiger partial charge in [-0.2, -0.15) is 0 Å². The SMILES string of the molecule is c1ccc(-c2ccc3c(c2)c2cc(-c4nc(-c5ccccc5)nc(-c5ccccc5)n4)ccc2n3-c2ccncc2)cc1. The fraction of sp³-hybridized carbons (Fsp3) is 0. The number of hydrogen-bond donors (Lipinski definition) is 0. The van der Waals surface area contributed by atoms with E-state index < -0.39 is 0 Å². The van der Waals surface area contributed by atoms with Gasteiger partial charge in [-0.1, -0.05) is 97.1 Å². The number of benzene rings is 5. The second kappa shape index (κ2) is 10.5. The van der Waals surface area contributed by atoms with E-state index in [2.05, 4.69) is 70.2 Å². The third-order valence-electron chi connectivity index (χ3n) is 7.75. The molecule has 202 valence electrons. The molecular formula is C38H25N5. The molecule has 3 aromatic heterocycles. The number of rotatable bonds is 5. The van der Waals surface area contributed by atoms with Gasteiger partial charge in [0.05, 0.1) is 11.0 Å². The molecule has 0 saturated carbocycles. The van der Waals surface area contributed by atoms with Crippen molar-refractivity contribution in [3.05, 3.63) is 152 Å². The van der Waals surface area contributed by atoms with E-state index in [1.165, 1.54) is 11.1 Å². The first-order chi connectivity index (χ1) is 21.3. The van der Waals surface area contributed by atoms with Crippen molar-refractivity contribution >= 4 is 21.8 Å². The quantitative estimate of drug-likeness (QED) is 0.214. The van der Waals surface area contributed by atoms with E-state index in [9.17, 15) is 0 Å². The van der Waals surface area contributed by atoms with E-state index in [4.69, 9.17) is 15.0 Å². The summed E-state index contributed by atoms with van der Waals surface area (Å²) < 4.78 is 2.29. The van der Waals surface area contributed by atoms with Crippen LogP contribution in [0.4, 0.5) is 0 Å². The summed E-state index contributed by atoms with van der Waals surface area (Å²) in [7, 11) is 0. The van der Waals surface area contributed by atoms with Gasteiger partial charge in [0.15, 0.2) is 17.5 Å². The fourth-order valence-corrected chi connectivity index (χ4v) is 5.68. The van der Waals surface area contributed by atoms with Gasteiger partial charge in [-0.3, -0.25) is 4.98 Å². The van der Waals surface area contributed by atoms with Gasteiger partial charge in [-0.15, -0.1) is 0 Å². The summed E-state index contributed by atoms with van der Waals surface area (Å²) in [6.07, 6.45) is 3.67. The van der Waals surface area contributed by atoms with Gasteiger partial charge in [-0.25, -0.2) is 15.0 Å². The normalized spacial score (nSPS) is 11.3. The highest BCUT2D eigenvalue weighted by Crippen LogP contribution is 2.37. The van der Waals surface area contributed by atoms with Gasteiger partial charge in [0.1, 0.15) is 0 Å². The first-order valence-corrected chi connectivity index (χ1v) is 14.2. The Morgan fingerprint density at radius 3 is 1.35 bits per heavy atom. The number of aromatic nitrogens is 5. The van der Waals surface area contributed by atoms with Crippen LogP contribution in [-0.2, 0) is 0 Å². The molecule has 3 heterocycles. The molecule has 8 rings (SSSR count). The molecule has 0 amide bonds. The molecule has 0 radical (unpaired) electrons. The van der Waals surface area contributed by atoms with Crippen LogP contribution < -0.4 is 0 Å². The Morgan fingerprint density at radius 1 is 0.372 bits per heavy atom. The molecule has 5 nitrogen and oxygen atoms in total. The van der Waals surface area contributed by atoms with Crippen molar-refractivity contribution in [2.45, 2.75) is 0 Å². The molecule has 0 spiro atoms. The molecule has 0 aliphatic carbocycles. The highest BCUT2D eigenvalue weighted by Gasteiger charge is 2.17. The molecule has 0 aliphatic rings. The molecule has 5 heteroatoms. The van der Waals surface area contributed by atoms with Crippen molar-refractivity contribution in [3.8, 4) is 51.0 Å². The number of pyridine rings is 1. The maximum absolute atomic E-state index is 4.98. The minimum atomic E-state index is 0.638. The summed E-state index contributed by atoms with van der Waals surface area (Å²) in [6, 6.07) is 47.9. The van der Waals surface area contributed by atoms with Gasteiger partial charge in [0, 0.05) is 45.5 Å². The maximum atomic E-state index is 4.98. The molecule has 0 fully saturated rings. The lowest BCUT2D eigenvalue weighted by Gasteiger charge is -2.09. The third-order valence-corrected chi connectivity index (χ3v) is 7.75. The zero-order valence-corrected chi connectivity index (χ0v) is 23.2. The Kier molecular flexibility index (Phi) is 6.05. The molecule has 0 bridgehead atoms. The van der Waals surface area contributed by atoms with Crippen LogP contribution in [0.1, 0.15) is 0 Å². The van der Waals surface area contributed by atoms with Crippen molar-refractivity contribution in [1.82, 2.24) is 24.5 Å². The predicted molar refractivity (Wildman–Crippen MR) is 174 cm³/mol. The lowest BCUT2D eigenvalue weighted by atomic mass is 10.0. The second-order valence-electron chi connectivity index (χ2n) is 10.4. The lowest BCUT2D eigenvalue weighted by Crippen LogP contribution is -2.00. The molecule has 5 aromatic carbocycles. The average Bonchev–Trinajstić information content (AvgIpc) is 3.42. The summed E-state index contributed by atoms with van der Waals surface area (Å²) in [5.74, 6) is 1.93. The van der Waals surface area contributed by atoms with Crippen LogP contribution >= 0.6 is 0 Å². The van der Waals surface area contributed by atoms with Gasteiger partial charge < -0.3 is 4.57 Å². The van der Waals surface area contributed by atoms with E-state index in [0.29, 0.717) is 17.5 Å². The van der Waals surface area contributed by atoms with Crippen LogP contribution in [0.2, 0.25) is 0 Å².